The fourth-order valence-corrected chi connectivity index (χ4v) is 2.07. The van der Waals surface area contributed by atoms with Crippen molar-refractivity contribution in [3.8, 4) is 0 Å². The topological polar surface area (TPSA) is 177 Å². The van der Waals surface area contributed by atoms with Gasteiger partial charge in [-0.3, -0.25) is 19.2 Å². The molecule has 1 unspecified atom stereocenters. The Morgan fingerprint density at radius 2 is 1.24 bits per heavy atom. The predicted octanol–water partition coefficient (Wildman–Crippen LogP) is -0.856. The highest BCUT2D eigenvalue weighted by molar-refractivity contribution is 5.87. The molecule has 1 amide bonds. The second-order valence-electron chi connectivity index (χ2n) is 4.87. The quantitative estimate of drug-likeness (QED) is 0.459. The van der Waals surface area contributed by atoms with Gasteiger partial charge in [0, 0.05) is 26.4 Å². The van der Waals surface area contributed by atoms with Crippen LogP contribution in [0, 0.1) is 11.8 Å². The molecule has 0 radical (unpaired) electrons. The van der Waals surface area contributed by atoms with Crippen LogP contribution >= 0.6 is 0 Å². The molecule has 0 aliphatic rings. The van der Waals surface area contributed by atoms with Crippen LogP contribution in [0.25, 0.3) is 0 Å². The molecule has 0 heterocycles. The van der Waals surface area contributed by atoms with E-state index in [2.05, 4.69) is 20.4 Å². The summed E-state index contributed by atoms with van der Waals surface area (Å²) < 4.78 is 0. The molecule has 0 aliphatic heterocycles. The van der Waals surface area contributed by atoms with Gasteiger partial charge in [0.2, 0.25) is 5.91 Å². The first-order valence-corrected chi connectivity index (χ1v) is 7.69. The summed E-state index contributed by atoms with van der Waals surface area (Å²) in [7, 11) is 0. The summed E-state index contributed by atoms with van der Waals surface area (Å²) in [4.78, 5) is 58.3. The van der Waals surface area contributed by atoms with E-state index < -0.39 is 29.7 Å². The zero-order valence-electron chi connectivity index (χ0n) is 15.0. The SMILES string of the molecule is CC(=O)ON.CC[C@@H](C(=O)ON)C(CC(=O)N(CC)CC)C(=O)ON. The normalized spacial score (nSPS) is 12.0. The molecule has 0 aliphatic carbocycles. The van der Waals surface area contributed by atoms with Crippen molar-refractivity contribution in [3.05, 3.63) is 0 Å². The van der Waals surface area contributed by atoms with E-state index in [1.165, 1.54) is 6.92 Å². The minimum Gasteiger partial charge on any atom is -0.374 e. The number of nitrogens with two attached hydrogens (primary N) is 3. The average molecular weight is 364 g/mol. The van der Waals surface area contributed by atoms with Gasteiger partial charge in [-0.25, -0.2) is 0 Å². The summed E-state index contributed by atoms with van der Waals surface area (Å²) in [6.45, 7) is 7.59. The lowest BCUT2D eigenvalue weighted by molar-refractivity contribution is -0.163. The largest absolute Gasteiger partial charge is 0.374 e. The Balaban J connectivity index is 0. The molecule has 11 nitrogen and oxygen atoms in total. The van der Waals surface area contributed by atoms with Crippen LogP contribution < -0.4 is 17.7 Å². The van der Waals surface area contributed by atoms with Crippen LogP contribution in [0.4, 0.5) is 0 Å². The maximum Gasteiger partial charge on any atom is 0.328 e. The van der Waals surface area contributed by atoms with Crippen molar-refractivity contribution < 1.29 is 33.7 Å². The fourth-order valence-electron chi connectivity index (χ4n) is 2.07. The molecule has 0 rings (SSSR count). The first-order valence-electron chi connectivity index (χ1n) is 7.69. The monoisotopic (exact) mass is 364 g/mol. The first-order chi connectivity index (χ1) is 11.7. The molecule has 6 N–H and O–H groups in total. The van der Waals surface area contributed by atoms with E-state index in [9.17, 15) is 19.2 Å². The maximum atomic E-state index is 12.1. The number of carbonyl (C=O) groups excluding carboxylic acids is 4. The molecule has 146 valence electrons. The van der Waals surface area contributed by atoms with E-state index in [1.807, 2.05) is 13.8 Å². The molecule has 0 saturated carbocycles. The van der Waals surface area contributed by atoms with Gasteiger partial charge in [-0.1, -0.05) is 6.92 Å². The van der Waals surface area contributed by atoms with Crippen LogP contribution in [-0.2, 0) is 33.7 Å². The molecular weight excluding hydrogens is 336 g/mol. The molecular formula is C14H28N4O7. The smallest absolute Gasteiger partial charge is 0.328 e. The van der Waals surface area contributed by atoms with Gasteiger partial charge < -0.3 is 19.4 Å². The van der Waals surface area contributed by atoms with E-state index in [0.29, 0.717) is 13.1 Å². The van der Waals surface area contributed by atoms with Crippen molar-refractivity contribution >= 4 is 23.8 Å². The second-order valence-corrected chi connectivity index (χ2v) is 4.87. The Labute approximate surface area is 146 Å². The molecule has 11 heteroatoms. The third kappa shape index (κ3) is 9.59. The lowest BCUT2D eigenvalue weighted by atomic mass is 9.87. The number of carbonyl (C=O) groups is 4. The molecule has 0 bridgehead atoms. The van der Waals surface area contributed by atoms with Crippen LogP contribution in [0.3, 0.4) is 0 Å². The summed E-state index contributed by atoms with van der Waals surface area (Å²) >= 11 is 0. The van der Waals surface area contributed by atoms with Crippen LogP contribution in [0.15, 0.2) is 0 Å². The highest BCUT2D eigenvalue weighted by atomic mass is 16.7. The molecule has 2 atom stereocenters. The predicted molar refractivity (Wildman–Crippen MR) is 86.3 cm³/mol. The Bertz CT molecular complexity index is 441. The van der Waals surface area contributed by atoms with E-state index >= 15 is 0 Å². The molecule has 25 heavy (non-hydrogen) atoms. The number of nitrogens with zero attached hydrogens (tertiary/aromatic N) is 1. The number of rotatable bonds is 8. The van der Waals surface area contributed by atoms with Crippen LogP contribution in [0.1, 0.15) is 40.5 Å². The Hall–Kier alpha value is -2.24. The van der Waals surface area contributed by atoms with E-state index in [-0.39, 0.29) is 18.7 Å². The number of hydrogen-bond acceptors (Lipinski definition) is 10. The van der Waals surface area contributed by atoms with Crippen molar-refractivity contribution in [1.82, 2.24) is 4.90 Å². The molecule has 0 spiro atoms. The highest BCUT2D eigenvalue weighted by Crippen LogP contribution is 2.23. The Morgan fingerprint density at radius 3 is 1.52 bits per heavy atom. The van der Waals surface area contributed by atoms with Crippen molar-refractivity contribution in [2.24, 2.45) is 29.5 Å². The van der Waals surface area contributed by atoms with Gasteiger partial charge in [0.05, 0.1) is 11.8 Å². The van der Waals surface area contributed by atoms with Gasteiger partial charge in [0.1, 0.15) is 0 Å². The lowest BCUT2D eigenvalue weighted by Crippen LogP contribution is -2.39. The average Bonchev–Trinajstić information content (AvgIpc) is 2.61. The number of hydrogen-bond donors (Lipinski definition) is 3. The Kier molecular flexibility index (Phi) is 14.1. The van der Waals surface area contributed by atoms with Crippen LogP contribution in [0.2, 0.25) is 0 Å². The minimum atomic E-state index is -1.01. The third-order valence-corrected chi connectivity index (χ3v) is 3.44. The van der Waals surface area contributed by atoms with Gasteiger partial charge in [-0.2, -0.15) is 17.7 Å². The summed E-state index contributed by atoms with van der Waals surface area (Å²) in [5, 5.41) is 0. The van der Waals surface area contributed by atoms with Crippen molar-refractivity contribution in [2.75, 3.05) is 13.1 Å². The third-order valence-electron chi connectivity index (χ3n) is 3.44. The second kappa shape index (κ2) is 14.1. The fraction of sp³-hybridized carbons (Fsp3) is 0.714. The minimum absolute atomic E-state index is 0.175. The van der Waals surface area contributed by atoms with Gasteiger partial charge in [0.25, 0.3) is 0 Å². The van der Waals surface area contributed by atoms with Gasteiger partial charge >= 0.3 is 17.9 Å². The van der Waals surface area contributed by atoms with Crippen molar-refractivity contribution in [2.45, 2.75) is 40.5 Å². The van der Waals surface area contributed by atoms with Crippen molar-refractivity contribution in [1.29, 1.82) is 0 Å². The molecule has 0 aromatic rings. The first kappa shape index (κ1) is 25.0. The standard InChI is InChI=1S/C12H23N3O5.C2H5NO2/c1-4-8(11(17)19-13)9(12(18)20-14)7-10(16)15(5-2)6-3;1-2(4)5-3/h8-9H,4-7,13-14H2,1-3H3;3H2,1H3/t8-,9?;/m1./s1. The van der Waals surface area contributed by atoms with E-state index in [1.54, 1.807) is 11.8 Å². The van der Waals surface area contributed by atoms with Crippen LogP contribution in [0.5, 0.6) is 0 Å². The molecule has 0 aromatic heterocycles. The van der Waals surface area contributed by atoms with Crippen LogP contribution in [-0.4, -0.2) is 41.8 Å². The van der Waals surface area contributed by atoms with E-state index in [4.69, 9.17) is 11.8 Å². The Morgan fingerprint density at radius 1 is 0.840 bits per heavy atom. The van der Waals surface area contributed by atoms with E-state index in [0.717, 1.165) is 0 Å². The lowest BCUT2D eigenvalue weighted by Gasteiger charge is -2.24. The maximum absolute atomic E-state index is 12.1. The summed E-state index contributed by atoms with van der Waals surface area (Å²) in [6, 6.07) is 0. The molecule has 0 fully saturated rings. The summed E-state index contributed by atoms with van der Waals surface area (Å²) in [6.07, 6.45) is 0.104. The van der Waals surface area contributed by atoms with Gasteiger partial charge in [0.15, 0.2) is 0 Å². The molecule has 0 aromatic carbocycles. The zero-order valence-corrected chi connectivity index (χ0v) is 15.0. The van der Waals surface area contributed by atoms with Crippen molar-refractivity contribution in [3.63, 3.8) is 0 Å². The van der Waals surface area contributed by atoms with Gasteiger partial charge in [-0.15, -0.1) is 0 Å². The van der Waals surface area contributed by atoms with Gasteiger partial charge in [-0.05, 0) is 20.3 Å². The molecule has 0 saturated heterocycles. The zero-order chi connectivity index (χ0) is 20.0. The summed E-state index contributed by atoms with van der Waals surface area (Å²) in [5.41, 5.74) is 0. The highest BCUT2D eigenvalue weighted by Gasteiger charge is 2.37. The number of amides is 1. The summed E-state index contributed by atoms with van der Waals surface area (Å²) in [5.74, 6) is 9.84.